The van der Waals surface area contributed by atoms with Crippen LogP contribution in [0, 0.1) is 0 Å². The van der Waals surface area contributed by atoms with Crippen LogP contribution in [0.2, 0.25) is 0 Å². The highest BCUT2D eigenvalue weighted by atomic mass is 31.1. The molecule has 0 aliphatic rings. The average Bonchev–Trinajstić information content (AvgIpc) is 2.42. The lowest BCUT2D eigenvalue weighted by atomic mass is 10.2. The van der Waals surface area contributed by atoms with Crippen LogP contribution in [0.25, 0.3) is 0 Å². The highest BCUT2D eigenvalue weighted by Gasteiger charge is 2.30. The number of hydrogen-bond acceptors (Lipinski definition) is 2. The standard InChI is InChI=1S/C18H32O2P2/c1-17(2,3)21(9)15-11-13(19-7)14(20-8)12-16(15)22(10)18(4,5)6/h11-12H,1-10H3/t21-,22-/m1/s1. The van der Waals surface area contributed by atoms with Crippen LogP contribution in [-0.2, 0) is 0 Å². The largest absolute Gasteiger partial charge is 0.493 e. The molecule has 0 saturated carbocycles. The summed E-state index contributed by atoms with van der Waals surface area (Å²) in [6, 6.07) is 4.44. The molecule has 0 aliphatic carbocycles. The summed E-state index contributed by atoms with van der Waals surface area (Å²) in [6.45, 7) is 18.7. The van der Waals surface area contributed by atoms with Gasteiger partial charge in [0.25, 0.3) is 0 Å². The van der Waals surface area contributed by atoms with Gasteiger partial charge in [-0.3, -0.25) is 0 Å². The van der Waals surface area contributed by atoms with Crippen molar-refractivity contribution in [3.63, 3.8) is 0 Å². The van der Waals surface area contributed by atoms with Crippen molar-refractivity contribution >= 4 is 26.5 Å². The van der Waals surface area contributed by atoms with Gasteiger partial charge in [-0.15, -0.1) is 0 Å². The van der Waals surface area contributed by atoms with Crippen molar-refractivity contribution < 1.29 is 9.47 Å². The second-order valence-electron chi connectivity index (χ2n) is 7.66. The number of ether oxygens (including phenoxy) is 2. The van der Waals surface area contributed by atoms with E-state index in [4.69, 9.17) is 9.47 Å². The number of benzene rings is 1. The Morgan fingerprint density at radius 1 is 0.682 bits per heavy atom. The van der Waals surface area contributed by atoms with E-state index >= 15 is 0 Å². The van der Waals surface area contributed by atoms with E-state index in [1.807, 2.05) is 0 Å². The van der Waals surface area contributed by atoms with Gasteiger partial charge in [0, 0.05) is 0 Å². The molecule has 0 unspecified atom stereocenters. The summed E-state index contributed by atoms with van der Waals surface area (Å²) in [5, 5.41) is 3.47. The topological polar surface area (TPSA) is 18.5 Å². The van der Waals surface area contributed by atoms with Gasteiger partial charge in [-0.25, -0.2) is 0 Å². The van der Waals surface area contributed by atoms with E-state index in [0.29, 0.717) is 0 Å². The molecule has 0 radical (unpaired) electrons. The Morgan fingerprint density at radius 2 is 0.955 bits per heavy atom. The van der Waals surface area contributed by atoms with Gasteiger partial charge >= 0.3 is 0 Å². The second kappa shape index (κ2) is 7.06. The van der Waals surface area contributed by atoms with E-state index in [0.717, 1.165) is 11.5 Å². The summed E-state index contributed by atoms with van der Waals surface area (Å²) in [7, 11) is 2.88. The molecule has 0 amide bonds. The Bertz CT molecular complexity index is 466. The summed E-state index contributed by atoms with van der Waals surface area (Å²) in [5.74, 6) is 1.69. The zero-order valence-corrected chi connectivity index (χ0v) is 17.7. The Kier molecular flexibility index (Phi) is 6.33. The molecule has 0 N–H and O–H groups in total. The molecule has 126 valence electrons. The highest BCUT2D eigenvalue weighted by Crippen LogP contribution is 2.51. The predicted molar refractivity (Wildman–Crippen MR) is 104 cm³/mol. The molecule has 0 bridgehead atoms. The van der Waals surface area contributed by atoms with Crippen LogP contribution >= 0.6 is 15.8 Å². The summed E-state index contributed by atoms with van der Waals surface area (Å²) in [6.07, 6.45) is 0. The highest BCUT2D eigenvalue weighted by molar-refractivity contribution is 7.72. The maximum atomic E-state index is 5.55. The van der Waals surface area contributed by atoms with Crippen LogP contribution < -0.4 is 20.1 Å². The first-order valence-corrected chi connectivity index (χ1v) is 11.2. The lowest BCUT2D eigenvalue weighted by Gasteiger charge is -2.35. The van der Waals surface area contributed by atoms with Gasteiger partial charge in [-0.2, -0.15) is 0 Å². The van der Waals surface area contributed by atoms with Crippen LogP contribution in [0.3, 0.4) is 0 Å². The number of methoxy groups -OCH3 is 2. The zero-order valence-electron chi connectivity index (χ0n) is 15.9. The van der Waals surface area contributed by atoms with Crippen molar-refractivity contribution in [2.75, 3.05) is 27.5 Å². The van der Waals surface area contributed by atoms with Crippen molar-refractivity contribution in [2.24, 2.45) is 0 Å². The Morgan fingerprint density at radius 3 is 1.14 bits per heavy atom. The fraction of sp³-hybridized carbons (Fsp3) is 0.667. The number of hydrogen-bond donors (Lipinski definition) is 0. The minimum Gasteiger partial charge on any atom is -0.493 e. The molecule has 0 aliphatic heterocycles. The molecule has 2 nitrogen and oxygen atoms in total. The van der Waals surface area contributed by atoms with Crippen LogP contribution in [0.5, 0.6) is 11.5 Å². The average molecular weight is 342 g/mol. The van der Waals surface area contributed by atoms with Gasteiger partial charge in [0.05, 0.1) is 14.2 Å². The maximum Gasteiger partial charge on any atom is 0.161 e. The molecule has 1 aromatic rings. The first-order chi connectivity index (χ1) is 9.93. The summed E-state index contributed by atoms with van der Waals surface area (Å²) in [5.41, 5.74) is 0. The SMILES string of the molecule is COc1cc([P@@](C)C(C)(C)C)c([P@@](C)C(C)(C)C)cc1OC. The molecule has 0 aromatic heterocycles. The third kappa shape index (κ3) is 4.36. The van der Waals surface area contributed by atoms with Gasteiger partial charge in [-0.1, -0.05) is 57.4 Å². The normalized spacial score (nSPS) is 15.4. The monoisotopic (exact) mass is 342 g/mol. The second-order valence-corrected chi connectivity index (χ2v) is 13.5. The lowest BCUT2D eigenvalue weighted by Crippen LogP contribution is -2.32. The van der Waals surface area contributed by atoms with Crippen molar-refractivity contribution in [1.29, 1.82) is 0 Å². The van der Waals surface area contributed by atoms with Crippen LogP contribution in [0.1, 0.15) is 41.5 Å². The predicted octanol–water partition coefficient (Wildman–Crippen LogP) is 4.77. The fourth-order valence-corrected chi connectivity index (χ4v) is 5.90. The summed E-state index contributed by atoms with van der Waals surface area (Å²) in [4.78, 5) is 0. The Labute approximate surface area is 139 Å². The van der Waals surface area contributed by atoms with Crippen LogP contribution in [0.15, 0.2) is 12.1 Å². The molecule has 0 spiro atoms. The van der Waals surface area contributed by atoms with Crippen molar-refractivity contribution in [3.8, 4) is 11.5 Å². The first kappa shape index (κ1) is 19.7. The third-order valence-corrected chi connectivity index (χ3v) is 10.6. The van der Waals surface area contributed by atoms with Gasteiger partial charge in [0.2, 0.25) is 0 Å². The van der Waals surface area contributed by atoms with E-state index in [-0.39, 0.29) is 26.2 Å². The summed E-state index contributed by atoms with van der Waals surface area (Å²) >= 11 is 0. The minimum absolute atomic E-state index is 0.276. The van der Waals surface area contributed by atoms with E-state index in [1.54, 1.807) is 14.2 Å². The van der Waals surface area contributed by atoms with Crippen molar-refractivity contribution in [2.45, 2.75) is 51.9 Å². The van der Waals surface area contributed by atoms with Gasteiger partial charge < -0.3 is 9.47 Å². The Hall–Kier alpha value is -0.320. The van der Waals surface area contributed by atoms with Gasteiger partial charge in [0.1, 0.15) is 0 Å². The number of rotatable bonds is 4. The van der Waals surface area contributed by atoms with Crippen molar-refractivity contribution in [1.82, 2.24) is 0 Å². The molecule has 0 saturated heterocycles. The first-order valence-electron chi connectivity index (χ1n) is 7.67. The molecular weight excluding hydrogens is 310 g/mol. The third-order valence-electron chi connectivity index (χ3n) is 4.22. The van der Waals surface area contributed by atoms with E-state index in [1.165, 1.54) is 10.6 Å². The van der Waals surface area contributed by atoms with E-state index in [9.17, 15) is 0 Å². The molecule has 22 heavy (non-hydrogen) atoms. The van der Waals surface area contributed by atoms with E-state index in [2.05, 4.69) is 67.0 Å². The molecule has 4 heteroatoms. The molecule has 1 aromatic carbocycles. The van der Waals surface area contributed by atoms with Crippen LogP contribution in [-0.4, -0.2) is 37.9 Å². The molecule has 1 rings (SSSR count). The molecule has 2 atom stereocenters. The lowest BCUT2D eigenvalue weighted by molar-refractivity contribution is 0.355. The van der Waals surface area contributed by atoms with Crippen LogP contribution in [0.4, 0.5) is 0 Å². The fourth-order valence-electron chi connectivity index (χ4n) is 2.12. The zero-order chi connectivity index (χ0) is 17.3. The van der Waals surface area contributed by atoms with Crippen molar-refractivity contribution in [3.05, 3.63) is 12.1 Å². The smallest absolute Gasteiger partial charge is 0.161 e. The molecular formula is C18H32O2P2. The maximum absolute atomic E-state index is 5.55. The quantitative estimate of drug-likeness (QED) is 0.734. The van der Waals surface area contributed by atoms with Gasteiger partial charge in [-0.05, 0) is 46.4 Å². The molecule has 0 fully saturated rings. The van der Waals surface area contributed by atoms with E-state index < -0.39 is 0 Å². The summed E-state index contributed by atoms with van der Waals surface area (Å²) < 4.78 is 11.1. The Balaban J connectivity index is 3.57. The van der Waals surface area contributed by atoms with Gasteiger partial charge in [0.15, 0.2) is 11.5 Å². The molecule has 0 heterocycles. The minimum atomic E-state index is -0.276.